The summed E-state index contributed by atoms with van der Waals surface area (Å²) in [5, 5.41) is 0. The summed E-state index contributed by atoms with van der Waals surface area (Å²) in [7, 11) is -4.09. The first-order valence-electron chi connectivity index (χ1n) is 6.08. The molecule has 1 rings (SSSR count). The lowest BCUT2D eigenvalue weighted by Crippen LogP contribution is -2.49. The lowest BCUT2D eigenvalue weighted by Gasteiger charge is -2.26. The fourth-order valence-electron chi connectivity index (χ4n) is 1.53. The van der Waals surface area contributed by atoms with Crippen LogP contribution in [0.25, 0.3) is 0 Å². The molecular formula is C12H17BrF2N2O2S. The molecule has 4 nitrogen and oxygen atoms in total. The first kappa shape index (κ1) is 17.5. The van der Waals surface area contributed by atoms with Crippen LogP contribution < -0.4 is 10.5 Å². The summed E-state index contributed by atoms with van der Waals surface area (Å²) in [5.74, 6) is -2.01. The molecule has 0 saturated carbocycles. The molecule has 0 unspecified atom stereocenters. The molecule has 0 aliphatic rings. The van der Waals surface area contributed by atoms with E-state index in [0.717, 1.165) is 6.07 Å². The molecule has 0 saturated heterocycles. The minimum absolute atomic E-state index is 0.0171. The zero-order chi connectivity index (χ0) is 15.6. The predicted molar refractivity (Wildman–Crippen MR) is 76.7 cm³/mol. The maximum atomic E-state index is 13.6. The number of nitrogens with one attached hydrogen (secondary N) is 1. The van der Waals surface area contributed by atoms with E-state index in [1.54, 1.807) is 0 Å². The Labute approximate surface area is 125 Å². The predicted octanol–water partition coefficient (Wildman–Crippen LogP) is 2.52. The molecule has 0 spiro atoms. The molecule has 3 N–H and O–H groups in total. The largest absolute Gasteiger partial charge is 0.324 e. The van der Waals surface area contributed by atoms with Crippen molar-refractivity contribution in [2.75, 3.05) is 6.54 Å². The summed E-state index contributed by atoms with van der Waals surface area (Å²) in [4.78, 5) is -0.611. The Kier molecular flexibility index (Phi) is 5.65. The van der Waals surface area contributed by atoms with E-state index in [1.807, 2.05) is 13.8 Å². The van der Waals surface area contributed by atoms with Crippen molar-refractivity contribution in [3.8, 4) is 0 Å². The van der Waals surface area contributed by atoms with Gasteiger partial charge in [-0.15, -0.1) is 0 Å². The van der Waals surface area contributed by atoms with Crippen LogP contribution in [0.15, 0.2) is 21.5 Å². The van der Waals surface area contributed by atoms with E-state index in [4.69, 9.17) is 5.73 Å². The number of rotatable bonds is 6. The first-order chi connectivity index (χ1) is 9.15. The van der Waals surface area contributed by atoms with Crippen molar-refractivity contribution < 1.29 is 17.2 Å². The van der Waals surface area contributed by atoms with Crippen molar-refractivity contribution in [1.82, 2.24) is 4.72 Å². The van der Waals surface area contributed by atoms with Crippen LogP contribution in [0.2, 0.25) is 0 Å². The van der Waals surface area contributed by atoms with Crippen molar-refractivity contribution >= 4 is 26.0 Å². The van der Waals surface area contributed by atoms with E-state index >= 15 is 0 Å². The zero-order valence-corrected chi connectivity index (χ0v) is 13.6. The Bertz CT molecular complexity index is 589. The molecule has 0 aromatic heterocycles. The lowest BCUT2D eigenvalue weighted by molar-refractivity contribution is 0.391. The van der Waals surface area contributed by atoms with E-state index in [9.17, 15) is 17.2 Å². The third kappa shape index (κ3) is 3.97. The summed E-state index contributed by atoms with van der Waals surface area (Å²) < 4.78 is 52.9. The third-order valence-corrected chi connectivity index (χ3v) is 5.31. The molecule has 0 atom stereocenters. The van der Waals surface area contributed by atoms with E-state index in [-0.39, 0.29) is 11.0 Å². The third-order valence-electron chi connectivity index (χ3n) is 3.29. The Morgan fingerprint density at radius 2 is 1.80 bits per heavy atom. The van der Waals surface area contributed by atoms with Gasteiger partial charge in [-0.3, -0.25) is 0 Å². The second-order valence-electron chi connectivity index (χ2n) is 4.59. The first-order valence-corrected chi connectivity index (χ1v) is 8.36. The molecule has 8 heteroatoms. The van der Waals surface area contributed by atoms with Crippen molar-refractivity contribution in [2.24, 2.45) is 5.73 Å². The average Bonchev–Trinajstić information content (AvgIpc) is 2.40. The van der Waals surface area contributed by atoms with Gasteiger partial charge in [0.1, 0.15) is 16.5 Å². The Morgan fingerprint density at radius 3 is 2.30 bits per heavy atom. The SMILES string of the molecule is CCC(N)(CC)CNS(=O)(=O)c1cc(Br)c(F)cc1F. The highest BCUT2D eigenvalue weighted by Gasteiger charge is 2.26. The molecule has 0 aliphatic heterocycles. The van der Waals surface area contributed by atoms with Gasteiger partial charge in [-0.1, -0.05) is 13.8 Å². The van der Waals surface area contributed by atoms with E-state index in [2.05, 4.69) is 20.7 Å². The van der Waals surface area contributed by atoms with Crippen LogP contribution in [-0.2, 0) is 10.0 Å². The van der Waals surface area contributed by atoms with Crippen LogP contribution >= 0.6 is 15.9 Å². The minimum atomic E-state index is -4.09. The van der Waals surface area contributed by atoms with Gasteiger partial charge in [-0.2, -0.15) is 0 Å². The van der Waals surface area contributed by atoms with Crippen molar-refractivity contribution in [3.63, 3.8) is 0 Å². The molecule has 1 aromatic rings. The van der Waals surface area contributed by atoms with Crippen LogP contribution in [0, 0.1) is 11.6 Å². The highest BCUT2D eigenvalue weighted by Crippen LogP contribution is 2.23. The van der Waals surface area contributed by atoms with Crippen molar-refractivity contribution in [3.05, 3.63) is 28.2 Å². The maximum Gasteiger partial charge on any atom is 0.243 e. The van der Waals surface area contributed by atoms with Crippen LogP contribution in [0.3, 0.4) is 0 Å². The maximum absolute atomic E-state index is 13.6. The number of halogens is 3. The summed E-state index contributed by atoms with van der Waals surface area (Å²) in [5.41, 5.74) is 5.29. The Hall–Kier alpha value is -0.570. The van der Waals surface area contributed by atoms with Gasteiger partial charge in [0, 0.05) is 18.2 Å². The van der Waals surface area contributed by atoms with Gasteiger partial charge in [-0.25, -0.2) is 21.9 Å². The Morgan fingerprint density at radius 1 is 1.25 bits per heavy atom. The molecule has 0 heterocycles. The monoisotopic (exact) mass is 370 g/mol. The molecule has 0 aliphatic carbocycles. The minimum Gasteiger partial charge on any atom is -0.324 e. The number of hydrogen-bond donors (Lipinski definition) is 2. The fraction of sp³-hybridized carbons (Fsp3) is 0.500. The van der Waals surface area contributed by atoms with Gasteiger partial charge in [0.15, 0.2) is 0 Å². The topological polar surface area (TPSA) is 72.2 Å². The van der Waals surface area contributed by atoms with Gasteiger partial charge >= 0.3 is 0 Å². The van der Waals surface area contributed by atoms with Crippen LogP contribution in [0.1, 0.15) is 26.7 Å². The molecule has 0 bridgehead atoms. The van der Waals surface area contributed by atoms with Gasteiger partial charge < -0.3 is 5.73 Å². The Balaban J connectivity index is 3.04. The normalized spacial score (nSPS) is 12.7. The van der Waals surface area contributed by atoms with E-state index < -0.39 is 32.1 Å². The van der Waals surface area contributed by atoms with Gasteiger partial charge in [0.25, 0.3) is 0 Å². The van der Waals surface area contributed by atoms with Crippen molar-refractivity contribution in [2.45, 2.75) is 37.1 Å². The highest BCUT2D eigenvalue weighted by atomic mass is 79.9. The second kappa shape index (κ2) is 6.46. The standard InChI is InChI=1S/C12H17BrF2N2O2S/c1-3-12(16,4-2)7-17-20(18,19)11-5-8(13)9(14)6-10(11)15/h5-6,17H,3-4,7,16H2,1-2H3. The van der Waals surface area contributed by atoms with Gasteiger partial charge in [-0.05, 0) is 34.8 Å². The fourth-order valence-corrected chi connectivity index (χ4v) is 3.24. The molecule has 20 heavy (non-hydrogen) atoms. The number of sulfonamides is 1. The van der Waals surface area contributed by atoms with Crippen LogP contribution in [0.5, 0.6) is 0 Å². The van der Waals surface area contributed by atoms with Gasteiger partial charge in [0.2, 0.25) is 10.0 Å². The molecule has 0 radical (unpaired) electrons. The highest BCUT2D eigenvalue weighted by molar-refractivity contribution is 9.10. The van der Waals surface area contributed by atoms with Crippen LogP contribution in [0.4, 0.5) is 8.78 Å². The molecule has 0 amide bonds. The molecular weight excluding hydrogens is 354 g/mol. The molecule has 1 aromatic carbocycles. The smallest absolute Gasteiger partial charge is 0.243 e. The molecule has 114 valence electrons. The summed E-state index contributed by atoms with van der Waals surface area (Å²) in [6.45, 7) is 3.66. The zero-order valence-electron chi connectivity index (χ0n) is 11.2. The second-order valence-corrected chi connectivity index (χ2v) is 7.18. The molecule has 0 fully saturated rings. The summed E-state index contributed by atoms with van der Waals surface area (Å²) in [6, 6.07) is 1.41. The van der Waals surface area contributed by atoms with E-state index in [0.29, 0.717) is 18.9 Å². The van der Waals surface area contributed by atoms with E-state index in [1.165, 1.54) is 0 Å². The average molecular weight is 371 g/mol. The number of nitrogens with two attached hydrogens (primary N) is 1. The summed E-state index contributed by atoms with van der Waals surface area (Å²) in [6.07, 6.45) is 1.14. The van der Waals surface area contributed by atoms with Crippen molar-refractivity contribution in [1.29, 1.82) is 0 Å². The number of hydrogen-bond acceptors (Lipinski definition) is 3. The summed E-state index contributed by atoms with van der Waals surface area (Å²) >= 11 is 2.83. The van der Waals surface area contributed by atoms with Gasteiger partial charge in [0.05, 0.1) is 4.47 Å². The lowest BCUT2D eigenvalue weighted by atomic mass is 9.95. The quantitative estimate of drug-likeness (QED) is 0.755. The van der Waals surface area contributed by atoms with Crippen LogP contribution in [-0.4, -0.2) is 20.5 Å². The number of benzene rings is 1.